The van der Waals surface area contributed by atoms with Crippen molar-refractivity contribution in [1.29, 1.82) is 0 Å². The van der Waals surface area contributed by atoms with Crippen molar-refractivity contribution in [1.82, 2.24) is 10.3 Å². The number of anilines is 2. The third-order valence-electron chi connectivity index (χ3n) is 2.16. The Kier molecular flexibility index (Phi) is 2.55. The average Bonchev–Trinajstić information content (AvgIpc) is 2.75. The van der Waals surface area contributed by atoms with Gasteiger partial charge in [-0.2, -0.15) is 0 Å². The van der Waals surface area contributed by atoms with Crippen LogP contribution >= 0.6 is 0 Å². The summed E-state index contributed by atoms with van der Waals surface area (Å²) in [6, 6.07) is 9.16. The number of nitrogens with zero attached hydrogens (tertiary/aromatic N) is 3. The molecule has 16 heavy (non-hydrogen) atoms. The molecule has 0 aliphatic heterocycles. The SMILES string of the molecule is CN(C(=O)c1nonc1N)c1ccccc1. The molecule has 0 fully saturated rings. The van der Waals surface area contributed by atoms with Gasteiger partial charge in [0, 0.05) is 12.7 Å². The maximum absolute atomic E-state index is 11.9. The zero-order valence-electron chi connectivity index (χ0n) is 8.62. The van der Waals surface area contributed by atoms with Gasteiger partial charge in [0.2, 0.25) is 11.5 Å². The number of carbonyl (C=O) groups excluding carboxylic acids is 1. The summed E-state index contributed by atoms with van der Waals surface area (Å²) in [6.07, 6.45) is 0. The van der Waals surface area contributed by atoms with Crippen LogP contribution in [0.3, 0.4) is 0 Å². The number of carbonyl (C=O) groups is 1. The summed E-state index contributed by atoms with van der Waals surface area (Å²) in [6.45, 7) is 0. The lowest BCUT2D eigenvalue weighted by atomic mass is 10.3. The molecule has 0 aliphatic carbocycles. The Morgan fingerprint density at radius 3 is 2.56 bits per heavy atom. The van der Waals surface area contributed by atoms with E-state index in [-0.39, 0.29) is 17.4 Å². The standard InChI is InChI=1S/C10H10N4O2/c1-14(7-5-3-2-4-6-7)10(15)8-9(11)13-16-12-8/h2-6H,1H3,(H2,11,13). The molecule has 1 aromatic carbocycles. The van der Waals surface area contributed by atoms with Crippen LogP contribution in [-0.4, -0.2) is 23.3 Å². The molecule has 0 aliphatic rings. The van der Waals surface area contributed by atoms with Gasteiger partial charge in [-0.1, -0.05) is 18.2 Å². The van der Waals surface area contributed by atoms with Crippen molar-refractivity contribution >= 4 is 17.4 Å². The number of nitrogen functional groups attached to an aromatic ring is 1. The van der Waals surface area contributed by atoms with E-state index in [9.17, 15) is 4.79 Å². The van der Waals surface area contributed by atoms with Crippen LogP contribution in [0.4, 0.5) is 11.5 Å². The average molecular weight is 218 g/mol. The first-order chi connectivity index (χ1) is 7.70. The van der Waals surface area contributed by atoms with Gasteiger partial charge in [0.25, 0.3) is 5.91 Å². The maximum Gasteiger partial charge on any atom is 0.284 e. The van der Waals surface area contributed by atoms with E-state index in [1.54, 1.807) is 7.05 Å². The molecule has 0 radical (unpaired) electrons. The molecule has 0 atom stereocenters. The number of hydrogen-bond donors (Lipinski definition) is 1. The summed E-state index contributed by atoms with van der Waals surface area (Å²) < 4.78 is 4.38. The molecule has 1 amide bonds. The molecular formula is C10H10N4O2. The van der Waals surface area contributed by atoms with Crippen LogP contribution in [0.1, 0.15) is 10.5 Å². The molecule has 82 valence electrons. The van der Waals surface area contributed by atoms with Crippen LogP contribution in [0.2, 0.25) is 0 Å². The molecule has 2 aromatic rings. The molecular weight excluding hydrogens is 208 g/mol. The van der Waals surface area contributed by atoms with E-state index in [0.717, 1.165) is 5.69 Å². The van der Waals surface area contributed by atoms with E-state index in [1.165, 1.54) is 4.90 Å². The predicted octanol–water partition coefficient (Wildman–Crippen LogP) is 0.928. The van der Waals surface area contributed by atoms with E-state index in [2.05, 4.69) is 14.9 Å². The first-order valence-corrected chi connectivity index (χ1v) is 4.61. The Balaban J connectivity index is 2.27. The summed E-state index contributed by atoms with van der Waals surface area (Å²) >= 11 is 0. The Hall–Kier alpha value is -2.37. The third-order valence-corrected chi connectivity index (χ3v) is 2.16. The van der Waals surface area contributed by atoms with Gasteiger partial charge in [-0.05, 0) is 22.4 Å². The minimum atomic E-state index is -0.357. The first kappa shape index (κ1) is 10.2. The number of aromatic nitrogens is 2. The van der Waals surface area contributed by atoms with Crippen LogP contribution in [-0.2, 0) is 0 Å². The van der Waals surface area contributed by atoms with Gasteiger partial charge in [-0.25, -0.2) is 4.63 Å². The lowest BCUT2D eigenvalue weighted by Gasteiger charge is -2.15. The van der Waals surface area contributed by atoms with E-state index >= 15 is 0 Å². The molecule has 6 heteroatoms. The molecule has 0 bridgehead atoms. The molecule has 2 N–H and O–H groups in total. The molecule has 0 unspecified atom stereocenters. The molecule has 1 heterocycles. The Morgan fingerprint density at radius 2 is 2.00 bits per heavy atom. The van der Waals surface area contributed by atoms with E-state index < -0.39 is 0 Å². The highest BCUT2D eigenvalue weighted by Gasteiger charge is 2.20. The smallest absolute Gasteiger partial charge is 0.284 e. The van der Waals surface area contributed by atoms with Gasteiger partial charge >= 0.3 is 0 Å². The summed E-state index contributed by atoms with van der Waals surface area (Å²) in [4.78, 5) is 13.3. The Morgan fingerprint density at radius 1 is 1.31 bits per heavy atom. The minimum Gasteiger partial charge on any atom is -0.379 e. The fourth-order valence-corrected chi connectivity index (χ4v) is 1.27. The van der Waals surface area contributed by atoms with Crippen molar-refractivity contribution in [2.45, 2.75) is 0 Å². The van der Waals surface area contributed by atoms with Crippen molar-refractivity contribution in [2.75, 3.05) is 17.7 Å². The van der Waals surface area contributed by atoms with Crippen LogP contribution in [0.15, 0.2) is 35.0 Å². The summed E-state index contributed by atoms with van der Waals surface area (Å²) in [5.41, 5.74) is 6.21. The molecule has 0 saturated heterocycles. The van der Waals surface area contributed by atoms with Gasteiger partial charge in [0.15, 0.2) is 0 Å². The van der Waals surface area contributed by atoms with E-state index in [1.807, 2.05) is 30.3 Å². The highest BCUT2D eigenvalue weighted by Crippen LogP contribution is 2.15. The number of para-hydroxylation sites is 1. The fraction of sp³-hybridized carbons (Fsp3) is 0.100. The number of nitrogens with two attached hydrogens (primary N) is 1. The molecule has 6 nitrogen and oxygen atoms in total. The Bertz CT molecular complexity index is 495. The van der Waals surface area contributed by atoms with Crippen molar-refractivity contribution in [3.05, 3.63) is 36.0 Å². The molecule has 1 aromatic heterocycles. The van der Waals surface area contributed by atoms with Gasteiger partial charge in [-0.3, -0.25) is 4.79 Å². The highest BCUT2D eigenvalue weighted by molar-refractivity contribution is 6.06. The number of hydrogen-bond acceptors (Lipinski definition) is 5. The summed E-state index contributed by atoms with van der Waals surface area (Å²) in [5, 5.41) is 6.82. The van der Waals surface area contributed by atoms with Crippen molar-refractivity contribution in [2.24, 2.45) is 0 Å². The second-order valence-corrected chi connectivity index (χ2v) is 3.20. The van der Waals surface area contributed by atoms with E-state index in [4.69, 9.17) is 5.73 Å². The van der Waals surface area contributed by atoms with Gasteiger partial charge in [0.05, 0.1) is 0 Å². The zero-order chi connectivity index (χ0) is 11.5. The summed E-state index contributed by atoms with van der Waals surface area (Å²) in [7, 11) is 1.63. The van der Waals surface area contributed by atoms with Crippen LogP contribution < -0.4 is 10.6 Å². The first-order valence-electron chi connectivity index (χ1n) is 4.61. The predicted molar refractivity (Wildman–Crippen MR) is 57.9 cm³/mol. The largest absolute Gasteiger partial charge is 0.379 e. The number of benzene rings is 1. The van der Waals surface area contributed by atoms with Crippen LogP contribution in [0, 0.1) is 0 Å². The maximum atomic E-state index is 11.9. The monoisotopic (exact) mass is 218 g/mol. The fourth-order valence-electron chi connectivity index (χ4n) is 1.27. The van der Waals surface area contributed by atoms with Crippen LogP contribution in [0.5, 0.6) is 0 Å². The van der Waals surface area contributed by atoms with Crippen molar-refractivity contribution < 1.29 is 9.42 Å². The van der Waals surface area contributed by atoms with Gasteiger partial charge in [-0.15, -0.1) is 0 Å². The lowest BCUT2D eigenvalue weighted by Crippen LogP contribution is -2.27. The third kappa shape index (κ3) is 1.72. The van der Waals surface area contributed by atoms with Crippen LogP contribution in [0.25, 0.3) is 0 Å². The summed E-state index contributed by atoms with van der Waals surface area (Å²) in [5.74, 6) is -0.363. The van der Waals surface area contributed by atoms with Crippen molar-refractivity contribution in [3.8, 4) is 0 Å². The molecule has 0 spiro atoms. The zero-order valence-corrected chi connectivity index (χ0v) is 8.62. The lowest BCUT2D eigenvalue weighted by molar-refractivity contribution is 0.0984. The molecule has 2 rings (SSSR count). The quantitative estimate of drug-likeness (QED) is 0.810. The molecule has 0 saturated carbocycles. The highest BCUT2D eigenvalue weighted by atomic mass is 16.6. The topological polar surface area (TPSA) is 85.2 Å². The second kappa shape index (κ2) is 4.01. The Labute approximate surface area is 91.6 Å². The normalized spacial score (nSPS) is 10.1. The van der Waals surface area contributed by atoms with Gasteiger partial charge < -0.3 is 10.6 Å². The second-order valence-electron chi connectivity index (χ2n) is 3.20. The number of rotatable bonds is 2. The van der Waals surface area contributed by atoms with Gasteiger partial charge in [0.1, 0.15) is 0 Å². The number of amides is 1. The van der Waals surface area contributed by atoms with E-state index in [0.29, 0.717) is 0 Å². The van der Waals surface area contributed by atoms with Crippen molar-refractivity contribution in [3.63, 3.8) is 0 Å². The minimum absolute atomic E-state index is 0.00668.